The third-order valence-electron chi connectivity index (χ3n) is 3.22. The summed E-state index contributed by atoms with van der Waals surface area (Å²) in [5, 5.41) is 9.40. The maximum atomic E-state index is 9.40. The van der Waals surface area contributed by atoms with Crippen LogP contribution in [0.25, 0.3) is 0 Å². The van der Waals surface area contributed by atoms with Crippen LogP contribution < -0.4 is 5.73 Å². The maximum Gasteiger partial charge on any atom is 0.115 e. The molecule has 1 saturated carbocycles. The van der Waals surface area contributed by atoms with Crippen LogP contribution in [0.2, 0.25) is 0 Å². The Bertz CT molecular complexity index is 337. The molecule has 1 aromatic rings. The van der Waals surface area contributed by atoms with Crippen LogP contribution in [0, 0.1) is 5.92 Å². The molecule has 2 heteroatoms. The topological polar surface area (TPSA) is 46.2 Å². The van der Waals surface area contributed by atoms with Crippen LogP contribution in [-0.2, 0) is 5.54 Å². The third-order valence-corrected chi connectivity index (χ3v) is 3.22. The summed E-state index contributed by atoms with van der Waals surface area (Å²) in [5.41, 5.74) is 7.19. The maximum absolute atomic E-state index is 9.40. The van der Waals surface area contributed by atoms with Crippen LogP contribution in [0.15, 0.2) is 24.3 Å². The monoisotopic (exact) mass is 191 g/mol. The average molecular weight is 191 g/mol. The highest BCUT2D eigenvalue weighted by molar-refractivity contribution is 5.33. The van der Waals surface area contributed by atoms with E-state index >= 15 is 0 Å². The fraction of sp³-hybridized carbons (Fsp3) is 0.500. The minimum Gasteiger partial charge on any atom is -0.508 e. The summed E-state index contributed by atoms with van der Waals surface area (Å²) in [4.78, 5) is 0. The molecule has 76 valence electrons. The summed E-state index contributed by atoms with van der Waals surface area (Å²) in [5.74, 6) is 1.01. The van der Waals surface area contributed by atoms with Crippen LogP contribution in [0.5, 0.6) is 5.75 Å². The first-order chi connectivity index (χ1) is 6.60. The van der Waals surface area contributed by atoms with E-state index in [4.69, 9.17) is 5.73 Å². The first kappa shape index (κ1) is 9.53. The number of aromatic hydroxyl groups is 1. The first-order valence-electron chi connectivity index (χ1n) is 5.18. The molecule has 2 unspecified atom stereocenters. The van der Waals surface area contributed by atoms with Gasteiger partial charge in [-0.15, -0.1) is 0 Å². The average Bonchev–Trinajstić information content (AvgIpc) is 2.48. The van der Waals surface area contributed by atoms with Gasteiger partial charge in [-0.05, 0) is 42.9 Å². The molecule has 0 amide bonds. The quantitative estimate of drug-likeness (QED) is 0.715. The van der Waals surface area contributed by atoms with E-state index in [0.29, 0.717) is 11.7 Å². The fourth-order valence-electron chi connectivity index (χ4n) is 2.41. The lowest BCUT2D eigenvalue weighted by Crippen LogP contribution is -2.33. The van der Waals surface area contributed by atoms with Gasteiger partial charge < -0.3 is 10.8 Å². The van der Waals surface area contributed by atoms with Gasteiger partial charge in [0.15, 0.2) is 0 Å². The molecule has 1 aliphatic rings. The van der Waals surface area contributed by atoms with Crippen LogP contribution in [-0.4, -0.2) is 5.11 Å². The molecule has 0 saturated heterocycles. The van der Waals surface area contributed by atoms with Gasteiger partial charge in [-0.3, -0.25) is 0 Å². The molecule has 0 spiro atoms. The Morgan fingerprint density at radius 1 is 1.50 bits per heavy atom. The van der Waals surface area contributed by atoms with E-state index in [9.17, 15) is 5.11 Å². The second-order valence-corrected chi connectivity index (χ2v) is 4.55. The van der Waals surface area contributed by atoms with E-state index < -0.39 is 0 Å². The van der Waals surface area contributed by atoms with Crippen molar-refractivity contribution in [1.82, 2.24) is 0 Å². The SMILES string of the molecule is CC1CCC(N)(c2cccc(O)c2)C1. The van der Waals surface area contributed by atoms with Gasteiger partial charge in [-0.2, -0.15) is 0 Å². The lowest BCUT2D eigenvalue weighted by Gasteiger charge is -2.24. The number of benzene rings is 1. The molecule has 0 radical (unpaired) electrons. The van der Waals surface area contributed by atoms with Crippen molar-refractivity contribution >= 4 is 0 Å². The van der Waals surface area contributed by atoms with Crippen LogP contribution >= 0.6 is 0 Å². The highest BCUT2D eigenvalue weighted by Gasteiger charge is 2.35. The van der Waals surface area contributed by atoms with Gasteiger partial charge in [0.2, 0.25) is 0 Å². The molecule has 0 bridgehead atoms. The summed E-state index contributed by atoms with van der Waals surface area (Å²) in [6.45, 7) is 2.23. The predicted molar refractivity (Wildman–Crippen MR) is 57.0 cm³/mol. The molecule has 0 aliphatic heterocycles. The van der Waals surface area contributed by atoms with Gasteiger partial charge in [-0.25, -0.2) is 0 Å². The van der Waals surface area contributed by atoms with E-state index in [1.165, 1.54) is 6.42 Å². The summed E-state index contributed by atoms with van der Waals surface area (Å²) < 4.78 is 0. The predicted octanol–water partition coefficient (Wildman–Crippen LogP) is 2.37. The molecule has 3 N–H and O–H groups in total. The Morgan fingerprint density at radius 2 is 2.29 bits per heavy atom. The Balaban J connectivity index is 2.30. The number of hydrogen-bond acceptors (Lipinski definition) is 2. The molecular weight excluding hydrogens is 174 g/mol. The molecule has 1 fully saturated rings. The number of rotatable bonds is 1. The highest BCUT2D eigenvalue weighted by Crippen LogP contribution is 2.40. The van der Waals surface area contributed by atoms with E-state index in [2.05, 4.69) is 6.92 Å². The van der Waals surface area contributed by atoms with Gasteiger partial charge in [0.1, 0.15) is 5.75 Å². The van der Waals surface area contributed by atoms with Gasteiger partial charge in [-0.1, -0.05) is 19.1 Å². The smallest absolute Gasteiger partial charge is 0.115 e. The standard InChI is InChI=1S/C12H17NO/c1-9-5-6-12(13,8-9)10-3-2-4-11(14)7-10/h2-4,7,9,14H,5-6,8,13H2,1H3. The molecule has 0 heterocycles. The van der Waals surface area contributed by atoms with Crippen molar-refractivity contribution in [2.24, 2.45) is 11.7 Å². The zero-order valence-electron chi connectivity index (χ0n) is 8.53. The molecule has 1 aliphatic carbocycles. The van der Waals surface area contributed by atoms with Gasteiger partial charge in [0, 0.05) is 5.54 Å². The van der Waals surface area contributed by atoms with Crippen molar-refractivity contribution in [3.63, 3.8) is 0 Å². The minimum atomic E-state index is -0.210. The molecule has 2 rings (SSSR count). The van der Waals surface area contributed by atoms with E-state index in [1.54, 1.807) is 12.1 Å². The molecule has 0 aromatic heterocycles. The molecule has 14 heavy (non-hydrogen) atoms. The normalized spacial score (nSPS) is 32.0. The van der Waals surface area contributed by atoms with E-state index in [-0.39, 0.29) is 5.54 Å². The molecule has 1 aromatic carbocycles. The van der Waals surface area contributed by atoms with Gasteiger partial charge in [0.05, 0.1) is 0 Å². The fourth-order valence-corrected chi connectivity index (χ4v) is 2.41. The molecule has 2 nitrogen and oxygen atoms in total. The van der Waals surface area contributed by atoms with Gasteiger partial charge >= 0.3 is 0 Å². The van der Waals surface area contributed by atoms with Crippen molar-refractivity contribution < 1.29 is 5.11 Å². The van der Waals surface area contributed by atoms with Crippen LogP contribution in [0.3, 0.4) is 0 Å². The molecule has 2 atom stereocenters. The van der Waals surface area contributed by atoms with E-state index in [1.807, 2.05) is 12.1 Å². The Hall–Kier alpha value is -1.02. The molecular formula is C12H17NO. The number of nitrogens with two attached hydrogens (primary N) is 1. The second kappa shape index (κ2) is 3.28. The zero-order chi connectivity index (χ0) is 10.2. The number of phenols is 1. The van der Waals surface area contributed by atoms with Crippen molar-refractivity contribution in [3.05, 3.63) is 29.8 Å². The summed E-state index contributed by atoms with van der Waals surface area (Å²) in [7, 11) is 0. The van der Waals surface area contributed by atoms with E-state index in [0.717, 1.165) is 18.4 Å². The summed E-state index contributed by atoms with van der Waals surface area (Å²) in [6.07, 6.45) is 3.24. The van der Waals surface area contributed by atoms with Gasteiger partial charge in [0.25, 0.3) is 0 Å². The summed E-state index contributed by atoms with van der Waals surface area (Å²) in [6, 6.07) is 7.35. The first-order valence-corrected chi connectivity index (χ1v) is 5.18. The minimum absolute atomic E-state index is 0.210. The Kier molecular flexibility index (Phi) is 2.23. The highest BCUT2D eigenvalue weighted by atomic mass is 16.3. The second-order valence-electron chi connectivity index (χ2n) is 4.55. The summed E-state index contributed by atoms with van der Waals surface area (Å²) >= 11 is 0. The third kappa shape index (κ3) is 1.62. The zero-order valence-corrected chi connectivity index (χ0v) is 8.53. The Labute approximate surface area is 84.7 Å². The lowest BCUT2D eigenvalue weighted by atomic mass is 9.88. The van der Waals surface area contributed by atoms with Crippen molar-refractivity contribution in [3.8, 4) is 5.75 Å². The van der Waals surface area contributed by atoms with Crippen LogP contribution in [0.1, 0.15) is 31.7 Å². The van der Waals surface area contributed by atoms with Crippen molar-refractivity contribution in [1.29, 1.82) is 0 Å². The number of hydrogen-bond donors (Lipinski definition) is 2. The van der Waals surface area contributed by atoms with Crippen molar-refractivity contribution in [2.45, 2.75) is 31.7 Å². The lowest BCUT2D eigenvalue weighted by molar-refractivity contribution is 0.432. The van der Waals surface area contributed by atoms with Crippen molar-refractivity contribution in [2.75, 3.05) is 0 Å². The number of phenolic OH excluding ortho intramolecular Hbond substituents is 1. The largest absolute Gasteiger partial charge is 0.508 e. The van der Waals surface area contributed by atoms with Crippen LogP contribution in [0.4, 0.5) is 0 Å². The Morgan fingerprint density at radius 3 is 2.86 bits per heavy atom.